The Balaban J connectivity index is 1.94. The standard InChI is InChI=1S/C15H20N2O3/c18-14(8-11-9-16-10-11)17-13(6-7-15(19)20)12-4-2-1-3-5-12/h1-5,11,13,16H,6-10H2,(H,17,18)(H,19,20). The number of carbonyl (C=O) groups is 2. The Kier molecular flexibility index (Phi) is 5.12. The maximum atomic E-state index is 12.0. The Morgan fingerprint density at radius 2 is 2.00 bits per heavy atom. The molecule has 1 amide bonds. The second-order valence-corrected chi connectivity index (χ2v) is 5.19. The van der Waals surface area contributed by atoms with Crippen molar-refractivity contribution in [1.82, 2.24) is 10.6 Å². The van der Waals surface area contributed by atoms with Crippen molar-refractivity contribution in [3.8, 4) is 0 Å². The molecule has 1 unspecified atom stereocenters. The highest BCUT2D eigenvalue weighted by Crippen LogP contribution is 2.19. The summed E-state index contributed by atoms with van der Waals surface area (Å²) >= 11 is 0. The Morgan fingerprint density at radius 1 is 1.30 bits per heavy atom. The summed E-state index contributed by atoms with van der Waals surface area (Å²) in [5.41, 5.74) is 0.953. The molecular weight excluding hydrogens is 256 g/mol. The number of benzene rings is 1. The number of carboxylic acid groups (broad SMARTS) is 1. The summed E-state index contributed by atoms with van der Waals surface area (Å²) in [4.78, 5) is 22.7. The van der Waals surface area contributed by atoms with Crippen molar-refractivity contribution < 1.29 is 14.7 Å². The number of nitrogens with one attached hydrogen (secondary N) is 2. The van der Waals surface area contributed by atoms with E-state index < -0.39 is 5.97 Å². The van der Waals surface area contributed by atoms with Crippen molar-refractivity contribution in [3.63, 3.8) is 0 Å². The minimum atomic E-state index is -0.844. The third-order valence-corrected chi connectivity index (χ3v) is 3.52. The van der Waals surface area contributed by atoms with Crippen molar-refractivity contribution in [3.05, 3.63) is 35.9 Å². The smallest absolute Gasteiger partial charge is 0.303 e. The Labute approximate surface area is 118 Å². The number of rotatable bonds is 7. The maximum Gasteiger partial charge on any atom is 0.303 e. The van der Waals surface area contributed by atoms with Crippen molar-refractivity contribution in [2.45, 2.75) is 25.3 Å². The molecular formula is C15H20N2O3. The summed E-state index contributed by atoms with van der Waals surface area (Å²) in [5, 5.41) is 14.9. The molecule has 5 nitrogen and oxygen atoms in total. The van der Waals surface area contributed by atoms with E-state index in [-0.39, 0.29) is 18.4 Å². The van der Waals surface area contributed by atoms with Crippen molar-refractivity contribution >= 4 is 11.9 Å². The highest BCUT2D eigenvalue weighted by molar-refractivity contribution is 5.77. The number of hydrogen-bond donors (Lipinski definition) is 3. The zero-order valence-electron chi connectivity index (χ0n) is 11.3. The lowest BCUT2D eigenvalue weighted by atomic mass is 9.97. The fourth-order valence-corrected chi connectivity index (χ4v) is 2.28. The molecule has 1 fully saturated rings. The number of carboxylic acids is 1. The Hall–Kier alpha value is -1.88. The van der Waals surface area contributed by atoms with Crippen LogP contribution in [0.15, 0.2) is 30.3 Å². The van der Waals surface area contributed by atoms with Crippen molar-refractivity contribution in [2.75, 3.05) is 13.1 Å². The van der Waals surface area contributed by atoms with E-state index in [0.29, 0.717) is 18.8 Å². The zero-order valence-corrected chi connectivity index (χ0v) is 11.3. The fraction of sp³-hybridized carbons (Fsp3) is 0.467. The van der Waals surface area contributed by atoms with Gasteiger partial charge in [-0.25, -0.2) is 0 Å². The van der Waals surface area contributed by atoms with Crippen LogP contribution in [0, 0.1) is 5.92 Å². The third kappa shape index (κ3) is 4.35. The first-order valence-electron chi connectivity index (χ1n) is 6.92. The van der Waals surface area contributed by atoms with Crippen LogP contribution >= 0.6 is 0 Å². The summed E-state index contributed by atoms with van der Waals surface area (Å²) in [6.45, 7) is 1.77. The first kappa shape index (κ1) is 14.5. The monoisotopic (exact) mass is 276 g/mol. The minimum absolute atomic E-state index is 0.00394. The Morgan fingerprint density at radius 3 is 2.55 bits per heavy atom. The molecule has 2 rings (SSSR count). The van der Waals surface area contributed by atoms with Crippen LogP contribution in [0.3, 0.4) is 0 Å². The maximum absolute atomic E-state index is 12.0. The van der Waals surface area contributed by atoms with Crippen molar-refractivity contribution in [1.29, 1.82) is 0 Å². The van der Waals surface area contributed by atoms with E-state index in [2.05, 4.69) is 10.6 Å². The van der Waals surface area contributed by atoms with Gasteiger partial charge in [0.15, 0.2) is 0 Å². The highest BCUT2D eigenvalue weighted by atomic mass is 16.4. The van der Waals surface area contributed by atoms with Crippen LogP contribution in [-0.4, -0.2) is 30.1 Å². The van der Waals surface area contributed by atoms with Gasteiger partial charge >= 0.3 is 5.97 Å². The molecule has 1 aliphatic heterocycles. The van der Waals surface area contributed by atoms with Crippen LogP contribution in [-0.2, 0) is 9.59 Å². The van der Waals surface area contributed by atoms with E-state index in [4.69, 9.17) is 5.11 Å². The third-order valence-electron chi connectivity index (χ3n) is 3.52. The average molecular weight is 276 g/mol. The molecule has 0 bridgehead atoms. The summed E-state index contributed by atoms with van der Waals surface area (Å²) in [6.07, 6.45) is 0.961. The van der Waals surface area contributed by atoms with Gasteiger partial charge in [0.1, 0.15) is 0 Å². The van der Waals surface area contributed by atoms with Gasteiger partial charge in [0.05, 0.1) is 6.04 Å². The van der Waals surface area contributed by atoms with Crippen molar-refractivity contribution in [2.24, 2.45) is 5.92 Å². The van der Waals surface area contributed by atoms with E-state index in [0.717, 1.165) is 18.7 Å². The molecule has 1 aromatic carbocycles. The van der Waals surface area contributed by atoms with Gasteiger partial charge in [-0.2, -0.15) is 0 Å². The first-order chi connectivity index (χ1) is 9.65. The van der Waals surface area contributed by atoms with Gasteiger partial charge in [0.25, 0.3) is 0 Å². The van der Waals surface area contributed by atoms with Crippen LogP contribution in [0.4, 0.5) is 0 Å². The van der Waals surface area contributed by atoms with Crippen LogP contribution in [0.25, 0.3) is 0 Å². The molecule has 108 valence electrons. The molecule has 5 heteroatoms. The van der Waals surface area contributed by atoms with Gasteiger partial charge in [0, 0.05) is 12.8 Å². The molecule has 1 atom stereocenters. The topological polar surface area (TPSA) is 78.4 Å². The van der Waals surface area contributed by atoms with Gasteiger partial charge in [-0.15, -0.1) is 0 Å². The molecule has 0 saturated carbocycles. The second-order valence-electron chi connectivity index (χ2n) is 5.19. The number of carbonyl (C=O) groups excluding carboxylic acids is 1. The quantitative estimate of drug-likeness (QED) is 0.702. The first-order valence-corrected chi connectivity index (χ1v) is 6.92. The predicted octanol–water partition coefficient (Wildman–Crippen LogP) is 1.32. The normalized spacial score (nSPS) is 16.2. The molecule has 1 heterocycles. The number of hydrogen-bond acceptors (Lipinski definition) is 3. The molecule has 1 saturated heterocycles. The highest BCUT2D eigenvalue weighted by Gasteiger charge is 2.22. The van der Waals surface area contributed by atoms with Crippen LogP contribution in [0.1, 0.15) is 30.9 Å². The lowest BCUT2D eigenvalue weighted by Gasteiger charge is -2.27. The SMILES string of the molecule is O=C(O)CCC(NC(=O)CC1CNC1)c1ccccc1. The van der Waals surface area contributed by atoms with Gasteiger partial charge in [-0.3, -0.25) is 9.59 Å². The molecule has 3 N–H and O–H groups in total. The lowest BCUT2D eigenvalue weighted by molar-refractivity contribution is -0.137. The summed E-state index contributed by atoms with van der Waals surface area (Å²) < 4.78 is 0. The molecule has 0 spiro atoms. The summed E-state index contributed by atoms with van der Waals surface area (Å²) in [5.74, 6) is -0.440. The van der Waals surface area contributed by atoms with E-state index in [1.807, 2.05) is 30.3 Å². The summed E-state index contributed by atoms with van der Waals surface area (Å²) in [7, 11) is 0. The van der Waals surface area contributed by atoms with Gasteiger partial charge < -0.3 is 15.7 Å². The van der Waals surface area contributed by atoms with Crippen LogP contribution in [0.2, 0.25) is 0 Å². The molecule has 0 aromatic heterocycles. The van der Waals surface area contributed by atoms with Gasteiger partial charge in [-0.1, -0.05) is 30.3 Å². The Bertz CT molecular complexity index is 457. The predicted molar refractivity (Wildman–Crippen MR) is 75.2 cm³/mol. The zero-order chi connectivity index (χ0) is 14.4. The molecule has 20 heavy (non-hydrogen) atoms. The second kappa shape index (κ2) is 7.05. The minimum Gasteiger partial charge on any atom is -0.481 e. The van der Waals surface area contributed by atoms with Gasteiger partial charge in [0.2, 0.25) is 5.91 Å². The van der Waals surface area contributed by atoms with E-state index >= 15 is 0 Å². The fourth-order valence-electron chi connectivity index (χ4n) is 2.28. The van der Waals surface area contributed by atoms with E-state index in [1.54, 1.807) is 0 Å². The van der Waals surface area contributed by atoms with E-state index in [9.17, 15) is 9.59 Å². The molecule has 0 radical (unpaired) electrons. The number of aliphatic carboxylic acids is 1. The van der Waals surface area contributed by atoms with Crippen LogP contribution < -0.4 is 10.6 Å². The molecule has 0 aliphatic carbocycles. The molecule has 1 aromatic rings. The number of amides is 1. The van der Waals surface area contributed by atoms with Gasteiger partial charge in [-0.05, 0) is 31.0 Å². The largest absolute Gasteiger partial charge is 0.481 e. The average Bonchev–Trinajstić information content (AvgIpc) is 2.39. The summed E-state index contributed by atoms with van der Waals surface area (Å²) in [6, 6.07) is 9.29. The molecule has 1 aliphatic rings. The van der Waals surface area contributed by atoms with Crippen LogP contribution in [0.5, 0.6) is 0 Å². The lowest BCUT2D eigenvalue weighted by Crippen LogP contribution is -2.44. The van der Waals surface area contributed by atoms with E-state index in [1.165, 1.54) is 0 Å².